The van der Waals surface area contributed by atoms with Gasteiger partial charge in [-0.1, -0.05) is 6.92 Å². The Morgan fingerprint density at radius 2 is 2.08 bits per heavy atom. The molecule has 0 radical (unpaired) electrons. The first-order chi connectivity index (χ1) is 12.1. The predicted octanol–water partition coefficient (Wildman–Crippen LogP) is 2.19. The molecule has 25 heavy (non-hydrogen) atoms. The van der Waals surface area contributed by atoms with Gasteiger partial charge in [0.05, 0.1) is 5.69 Å². The molecule has 1 N–H and O–H groups in total. The predicted molar refractivity (Wildman–Crippen MR) is 93.9 cm³/mol. The maximum atomic E-state index is 12.5. The van der Waals surface area contributed by atoms with E-state index in [1.54, 1.807) is 12.4 Å². The number of carbonyl (C=O) groups excluding carboxylic acids is 1. The van der Waals surface area contributed by atoms with E-state index in [2.05, 4.69) is 21.9 Å². The Balaban J connectivity index is 1.58. The zero-order chi connectivity index (χ0) is 17.4. The molecule has 1 aliphatic heterocycles. The molecule has 1 saturated heterocycles. The molecule has 3 heterocycles. The first-order valence-electron chi connectivity index (χ1n) is 8.92. The van der Waals surface area contributed by atoms with Gasteiger partial charge in [0, 0.05) is 48.9 Å². The molecule has 1 amide bonds. The first-order valence-corrected chi connectivity index (χ1v) is 8.92. The van der Waals surface area contributed by atoms with Crippen LogP contribution in [0, 0.1) is 11.8 Å². The van der Waals surface area contributed by atoms with Crippen molar-refractivity contribution in [3.63, 3.8) is 0 Å². The number of nitrogens with zero attached hydrogens (tertiary/aromatic N) is 3. The van der Waals surface area contributed by atoms with Crippen molar-refractivity contribution in [2.75, 3.05) is 13.1 Å². The molecule has 6 nitrogen and oxygen atoms in total. The maximum Gasteiger partial charge on any atom is 0.251 e. The smallest absolute Gasteiger partial charge is 0.251 e. The Morgan fingerprint density at radius 3 is 2.80 bits per heavy atom. The molecule has 2 fully saturated rings. The van der Waals surface area contributed by atoms with Gasteiger partial charge < -0.3 is 9.88 Å². The van der Waals surface area contributed by atoms with Crippen molar-refractivity contribution in [3.05, 3.63) is 46.8 Å². The first kappa shape index (κ1) is 16.0. The van der Waals surface area contributed by atoms with Crippen molar-refractivity contribution < 1.29 is 4.79 Å². The van der Waals surface area contributed by atoms with Crippen molar-refractivity contribution in [2.24, 2.45) is 11.8 Å². The summed E-state index contributed by atoms with van der Waals surface area (Å²) in [5.41, 5.74) is 1.37. The van der Waals surface area contributed by atoms with Gasteiger partial charge in [-0.2, -0.15) is 0 Å². The van der Waals surface area contributed by atoms with E-state index < -0.39 is 0 Å². The summed E-state index contributed by atoms with van der Waals surface area (Å²) in [6, 6.07) is 5.20. The lowest BCUT2D eigenvalue weighted by Crippen LogP contribution is -2.41. The van der Waals surface area contributed by atoms with Gasteiger partial charge in [-0.25, -0.2) is 4.98 Å². The molecule has 2 aliphatic rings. The highest BCUT2D eigenvalue weighted by Gasteiger charge is 2.42. The van der Waals surface area contributed by atoms with Crippen molar-refractivity contribution in [3.8, 4) is 11.3 Å². The van der Waals surface area contributed by atoms with E-state index >= 15 is 0 Å². The number of hydrogen-bond donors (Lipinski definition) is 1. The van der Waals surface area contributed by atoms with Gasteiger partial charge in [-0.05, 0) is 37.3 Å². The van der Waals surface area contributed by atoms with Crippen LogP contribution in [0.25, 0.3) is 11.3 Å². The molecular weight excluding hydrogens is 316 g/mol. The fourth-order valence-electron chi connectivity index (χ4n) is 3.64. The SMILES string of the molecule is C[C@@H]1C[C@H]1C(=O)N1CCC[C@H](c2nc(-c3ccncc3)cc(=O)[nH]2)C1. The minimum atomic E-state index is -0.156. The van der Waals surface area contributed by atoms with Gasteiger partial charge in [0.1, 0.15) is 5.82 Å². The van der Waals surface area contributed by atoms with E-state index in [4.69, 9.17) is 0 Å². The molecule has 6 heteroatoms. The Kier molecular flexibility index (Phi) is 4.11. The molecule has 2 aromatic heterocycles. The van der Waals surface area contributed by atoms with Crippen molar-refractivity contribution in [1.29, 1.82) is 0 Å². The lowest BCUT2D eigenvalue weighted by Gasteiger charge is -2.32. The Hall–Kier alpha value is -2.50. The third-order valence-corrected chi connectivity index (χ3v) is 5.28. The minimum absolute atomic E-state index is 0.0845. The second kappa shape index (κ2) is 6.43. The largest absolute Gasteiger partial charge is 0.342 e. The van der Waals surface area contributed by atoms with Gasteiger partial charge >= 0.3 is 0 Å². The van der Waals surface area contributed by atoms with Crippen LogP contribution in [0.4, 0.5) is 0 Å². The summed E-state index contributed by atoms with van der Waals surface area (Å²) in [5, 5.41) is 0. The number of carbonyl (C=O) groups is 1. The average Bonchev–Trinajstić information content (AvgIpc) is 3.38. The van der Waals surface area contributed by atoms with E-state index in [1.807, 2.05) is 17.0 Å². The molecule has 1 aliphatic carbocycles. The van der Waals surface area contributed by atoms with Crippen LogP contribution >= 0.6 is 0 Å². The number of aromatic nitrogens is 3. The van der Waals surface area contributed by atoms with Gasteiger partial charge in [-0.15, -0.1) is 0 Å². The molecular formula is C19H22N4O2. The van der Waals surface area contributed by atoms with Crippen molar-refractivity contribution >= 4 is 5.91 Å². The topological polar surface area (TPSA) is 79.0 Å². The third-order valence-electron chi connectivity index (χ3n) is 5.28. The number of H-pyrrole nitrogens is 1. The lowest BCUT2D eigenvalue weighted by atomic mass is 9.96. The van der Waals surface area contributed by atoms with Gasteiger partial charge in [0.15, 0.2) is 0 Å². The molecule has 0 aromatic carbocycles. The van der Waals surface area contributed by atoms with E-state index in [0.29, 0.717) is 24.0 Å². The molecule has 0 spiro atoms. The lowest BCUT2D eigenvalue weighted by molar-refractivity contribution is -0.134. The monoisotopic (exact) mass is 338 g/mol. The van der Waals surface area contributed by atoms with E-state index in [-0.39, 0.29) is 23.3 Å². The summed E-state index contributed by atoms with van der Waals surface area (Å²) in [5.74, 6) is 1.75. The van der Waals surface area contributed by atoms with Crippen LogP contribution in [0.3, 0.4) is 0 Å². The van der Waals surface area contributed by atoms with Gasteiger partial charge in [0.25, 0.3) is 5.56 Å². The molecule has 130 valence electrons. The Morgan fingerprint density at radius 1 is 1.32 bits per heavy atom. The third kappa shape index (κ3) is 3.34. The van der Waals surface area contributed by atoms with E-state index in [9.17, 15) is 9.59 Å². The van der Waals surface area contributed by atoms with Crippen LogP contribution in [0.5, 0.6) is 0 Å². The highest BCUT2D eigenvalue weighted by atomic mass is 16.2. The quantitative estimate of drug-likeness (QED) is 0.930. The number of likely N-dealkylation sites (tertiary alicyclic amines) is 1. The summed E-state index contributed by atoms with van der Waals surface area (Å²) in [6.07, 6.45) is 6.27. The summed E-state index contributed by atoms with van der Waals surface area (Å²) < 4.78 is 0. The number of rotatable bonds is 3. The normalized spacial score (nSPS) is 25.6. The van der Waals surface area contributed by atoms with Crippen LogP contribution in [0.1, 0.15) is 37.9 Å². The van der Waals surface area contributed by atoms with E-state index in [1.165, 1.54) is 6.07 Å². The molecule has 2 aromatic rings. The van der Waals surface area contributed by atoms with Crippen LogP contribution in [0.2, 0.25) is 0 Å². The van der Waals surface area contributed by atoms with Gasteiger partial charge in [0.2, 0.25) is 5.91 Å². The summed E-state index contributed by atoms with van der Waals surface area (Å²) in [4.78, 5) is 38.2. The zero-order valence-corrected chi connectivity index (χ0v) is 14.3. The second-order valence-corrected chi connectivity index (χ2v) is 7.19. The molecule has 0 unspecified atom stereocenters. The number of piperidine rings is 1. The van der Waals surface area contributed by atoms with Crippen molar-refractivity contribution in [2.45, 2.75) is 32.1 Å². The van der Waals surface area contributed by atoms with Crippen LogP contribution in [0.15, 0.2) is 35.4 Å². The number of hydrogen-bond acceptors (Lipinski definition) is 4. The Bertz CT molecular complexity index is 833. The molecule has 4 rings (SSSR count). The maximum absolute atomic E-state index is 12.5. The second-order valence-electron chi connectivity index (χ2n) is 7.19. The number of aromatic amines is 1. The molecule has 3 atom stereocenters. The summed E-state index contributed by atoms with van der Waals surface area (Å²) >= 11 is 0. The van der Waals surface area contributed by atoms with Crippen LogP contribution < -0.4 is 5.56 Å². The van der Waals surface area contributed by atoms with Crippen LogP contribution in [-0.2, 0) is 4.79 Å². The highest BCUT2D eigenvalue weighted by Crippen LogP contribution is 2.40. The van der Waals surface area contributed by atoms with Crippen molar-refractivity contribution in [1.82, 2.24) is 19.9 Å². The minimum Gasteiger partial charge on any atom is -0.342 e. The molecule has 0 bridgehead atoms. The summed E-state index contributed by atoms with van der Waals surface area (Å²) in [6.45, 7) is 3.58. The van der Waals surface area contributed by atoms with E-state index in [0.717, 1.165) is 31.4 Å². The number of amides is 1. The fourth-order valence-corrected chi connectivity index (χ4v) is 3.64. The zero-order valence-electron chi connectivity index (χ0n) is 14.3. The van der Waals surface area contributed by atoms with Crippen LogP contribution in [-0.4, -0.2) is 38.8 Å². The van der Waals surface area contributed by atoms with Gasteiger partial charge in [-0.3, -0.25) is 14.6 Å². The standard InChI is InChI=1S/C19H22N4O2/c1-12-9-15(12)19(25)23-8-2-3-14(11-23)18-21-16(10-17(24)22-18)13-4-6-20-7-5-13/h4-7,10,12,14-15H,2-3,8-9,11H2,1H3,(H,21,22,24)/t12-,14+,15-/m1/s1. The fraction of sp³-hybridized carbons (Fsp3) is 0.474. The highest BCUT2D eigenvalue weighted by molar-refractivity contribution is 5.81. The number of pyridine rings is 1. The average molecular weight is 338 g/mol. The Labute approximate surface area is 146 Å². The summed E-state index contributed by atoms with van der Waals surface area (Å²) in [7, 11) is 0. The number of nitrogens with one attached hydrogen (secondary N) is 1. The molecule has 1 saturated carbocycles.